The minimum absolute atomic E-state index is 0.0384. The van der Waals surface area contributed by atoms with Crippen LogP contribution >= 0.6 is 11.6 Å². The Hall–Kier alpha value is -3.60. The number of hydrogen-bond donors (Lipinski definition) is 3. The van der Waals surface area contributed by atoms with E-state index in [9.17, 15) is 27.6 Å². The number of rotatable bonds is 6. The van der Waals surface area contributed by atoms with E-state index in [2.05, 4.69) is 10.6 Å². The summed E-state index contributed by atoms with van der Waals surface area (Å²) in [4.78, 5) is 48.1. The zero-order chi connectivity index (χ0) is 28.5. The number of hydrogen-bond acceptors (Lipinski definition) is 4. The van der Waals surface area contributed by atoms with Gasteiger partial charge >= 0.3 is 12.1 Å². The van der Waals surface area contributed by atoms with E-state index in [1.54, 1.807) is 53.4 Å². The van der Waals surface area contributed by atoms with Gasteiger partial charge in [-0.25, -0.2) is 4.79 Å². The van der Waals surface area contributed by atoms with Gasteiger partial charge in [-0.05, 0) is 74.7 Å². The van der Waals surface area contributed by atoms with Crippen molar-refractivity contribution in [3.8, 4) is 0 Å². The monoisotopic (exact) mass is 555 g/mol. The first kappa shape index (κ1) is 30.6. The van der Waals surface area contributed by atoms with Crippen LogP contribution in [0.15, 0.2) is 48.5 Å². The molecule has 3 N–H and O–H groups in total. The summed E-state index contributed by atoms with van der Waals surface area (Å²) in [5.41, 5.74) is 1.67. The molecule has 0 spiro atoms. The third-order valence-electron chi connectivity index (χ3n) is 5.89. The van der Waals surface area contributed by atoms with E-state index in [1.165, 1.54) is 0 Å². The van der Waals surface area contributed by atoms with Crippen LogP contribution in [0, 0.1) is 5.92 Å². The second kappa shape index (κ2) is 13.8. The number of amides is 3. The third-order valence-corrected chi connectivity index (χ3v) is 6.14. The molecular weight excluding hydrogens is 527 g/mol. The fourth-order valence-corrected chi connectivity index (χ4v) is 3.62. The van der Waals surface area contributed by atoms with Crippen molar-refractivity contribution in [2.24, 2.45) is 5.92 Å². The number of nitrogens with zero attached hydrogens (tertiary/aromatic N) is 1. The molecule has 1 fully saturated rings. The first-order valence-corrected chi connectivity index (χ1v) is 12.3. The van der Waals surface area contributed by atoms with Gasteiger partial charge < -0.3 is 20.6 Å². The molecule has 2 aromatic rings. The van der Waals surface area contributed by atoms with Crippen LogP contribution in [0.2, 0.25) is 5.02 Å². The van der Waals surface area contributed by atoms with Crippen molar-refractivity contribution >= 4 is 41.0 Å². The summed E-state index contributed by atoms with van der Waals surface area (Å²) in [5.74, 6) is -3.01. The van der Waals surface area contributed by atoms with Crippen molar-refractivity contribution in [1.82, 2.24) is 10.2 Å². The molecule has 1 aliphatic heterocycles. The number of carboxylic acids is 1. The Morgan fingerprint density at radius 1 is 1.00 bits per heavy atom. The highest BCUT2D eigenvalue weighted by Crippen LogP contribution is 2.21. The van der Waals surface area contributed by atoms with E-state index in [4.69, 9.17) is 21.5 Å². The molecule has 1 unspecified atom stereocenters. The number of aliphatic carboxylic acids is 1. The Morgan fingerprint density at radius 2 is 1.50 bits per heavy atom. The summed E-state index contributed by atoms with van der Waals surface area (Å²) in [6, 6.07) is 13.7. The largest absolute Gasteiger partial charge is 0.490 e. The van der Waals surface area contributed by atoms with Gasteiger partial charge in [-0.3, -0.25) is 14.4 Å². The van der Waals surface area contributed by atoms with Gasteiger partial charge in [0, 0.05) is 46.9 Å². The first-order chi connectivity index (χ1) is 17.8. The molecule has 38 heavy (non-hydrogen) atoms. The number of piperidine rings is 1. The van der Waals surface area contributed by atoms with Gasteiger partial charge in [0.2, 0.25) is 5.91 Å². The Bertz CT molecular complexity index is 1120. The topological polar surface area (TPSA) is 116 Å². The second-order valence-corrected chi connectivity index (χ2v) is 9.16. The van der Waals surface area contributed by atoms with Gasteiger partial charge in [0.15, 0.2) is 0 Å². The zero-order valence-corrected chi connectivity index (χ0v) is 21.6. The highest BCUT2D eigenvalue weighted by atomic mass is 35.5. The third kappa shape index (κ3) is 9.37. The van der Waals surface area contributed by atoms with Crippen LogP contribution < -0.4 is 10.6 Å². The SMILES string of the molecule is CCC(C)NC(=O)C1CCN(C(=O)c2ccc(NC(=O)c3ccc(Cl)cc3)cc2)CC1.O=C(O)C(F)(F)F. The molecule has 1 heterocycles. The summed E-state index contributed by atoms with van der Waals surface area (Å²) in [6.07, 6.45) is -2.84. The van der Waals surface area contributed by atoms with Gasteiger partial charge in [0.25, 0.3) is 11.8 Å². The number of alkyl halides is 3. The van der Waals surface area contributed by atoms with Crippen molar-refractivity contribution in [3.05, 3.63) is 64.7 Å². The lowest BCUT2D eigenvalue weighted by molar-refractivity contribution is -0.192. The van der Waals surface area contributed by atoms with Crippen molar-refractivity contribution in [1.29, 1.82) is 0 Å². The number of nitrogens with one attached hydrogen (secondary N) is 2. The summed E-state index contributed by atoms with van der Waals surface area (Å²) < 4.78 is 31.7. The normalized spacial score (nSPS) is 14.5. The highest BCUT2D eigenvalue weighted by molar-refractivity contribution is 6.30. The number of halogens is 4. The fourth-order valence-electron chi connectivity index (χ4n) is 3.49. The lowest BCUT2D eigenvalue weighted by Crippen LogP contribution is -2.44. The van der Waals surface area contributed by atoms with Crippen LogP contribution in [-0.2, 0) is 9.59 Å². The Labute approximate surface area is 223 Å². The Morgan fingerprint density at radius 3 is 1.97 bits per heavy atom. The molecule has 1 saturated heterocycles. The Kier molecular flexibility index (Phi) is 11.1. The van der Waals surface area contributed by atoms with Gasteiger partial charge in [-0.1, -0.05) is 18.5 Å². The number of carbonyl (C=O) groups excluding carboxylic acids is 3. The van der Waals surface area contributed by atoms with Crippen LogP contribution in [0.1, 0.15) is 53.8 Å². The molecule has 0 saturated carbocycles. The maximum Gasteiger partial charge on any atom is 0.490 e. The van der Waals surface area contributed by atoms with Crippen molar-refractivity contribution in [2.75, 3.05) is 18.4 Å². The van der Waals surface area contributed by atoms with Crippen LogP contribution in [0.25, 0.3) is 0 Å². The molecule has 3 amide bonds. The summed E-state index contributed by atoms with van der Waals surface area (Å²) in [5, 5.41) is 13.5. The fraction of sp³-hybridized carbons (Fsp3) is 0.385. The molecule has 0 radical (unpaired) electrons. The lowest BCUT2D eigenvalue weighted by Gasteiger charge is -2.32. The summed E-state index contributed by atoms with van der Waals surface area (Å²) >= 11 is 5.85. The van der Waals surface area contributed by atoms with Crippen LogP contribution in [0.5, 0.6) is 0 Å². The van der Waals surface area contributed by atoms with Gasteiger partial charge in [0.05, 0.1) is 0 Å². The van der Waals surface area contributed by atoms with E-state index in [0.29, 0.717) is 47.8 Å². The van der Waals surface area contributed by atoms with E-state index >= 15 is 0 Å². The molecular formula is C26H29ClF3N3O5. The minimum Gasteiger partial charge on any atom is -0.475 e. The van der Waals surface area contributed by atoms with Gasteiger partial charge in [0.1, 0.15) is 0 Å². The standard InChI is InChI=1S/C24H28ClN3O3.C2HF3O2/c1-3-16(2)26-22(29)18-12-14-28(15-13-18)24(31)19-6-10-21(11-7-19)27-23(30)17-4-8-20(25)9-5-17;3-2(4,5)1(6)7/h4-11,16,18H,3,12-15H2,1-2H3,(H,26,29)(H,27,30);(H,6,7). The maximum atomic E-state index is 12.8. The van der Waals surface area contributed by atoms with Crippen LogP contribution in [0.4, 0.5) is 18.9 Å². The molecule has 12 heteroatoms. The number of carboxylic acid groups (broad SMARTS) is 1. The average molecular weight is 556 g/mol. The summed E-state index contributed by atoms with van der Waals surface area (Å²) in [6.45, 7) is 5.16. The second-order valence-electron chi connectivity index (χ2n) is 8.73. The molecule has 206 valence electrons. The van der Waals surface area contributed by atoms with E-state index in [1.807, 2.05) is 13.8 Å². The van der Waals surface area contributed by atoms with E-state index < -0.39 is 12.1 Å². The zero-order valence-electron chi connectivity index (χ0n) is 20.8. The molecule has 0 aromatic heterocycles. The quantitative estimate of drug-likeness (QED) is 0.464. The molecule has 8 nitrogen and oxygen atoms in total. The van der Waals surface area contributed by atoms with Gasteiger partial charge in [-0.15, -0.1) is 0 Å². The van der Waals surface area contributed by atoms with E-state index in [0.717, 1.165) is 6.42 Å². The van der Waals surface area contributed by atoms with Gasteiger partial charge in [-0.2, -0.15) is 13.2 Å². The molecule has 1 aliphatic rings. The molecule has 0 aliphatic carbocycles. The number of anilines is 1. The Balaban J connectivity index is 0.000000638. The smallest absolute Gasteiger partial charge is 0.475 e. The average Bonchev–Trinajstić information content (AvgIpc) is 2.89. The lowest BCUT2D eigenvalue weighted by atomic mass is 9.95. The van der Waals surface area contributed by atoms with Crippen molar-refractivity contribution in [2.45, 2.75) is 45.3 Å². The number of likely N-dealkylation sites (tertiary alicyclic amines) is 1. The maximum absolute atomic E-state index is 12.8. The molecule has 2 aromatic carbocycles. The number of benzene rings is 2. The van der Waals surface area contributed by atoms with Crippen LogP contribution in [0.3, 0.4) is 0 Å². The predicted octanol–water partition coefficient (Wildman–Crippen LogP) is 4.99. The number of carbonyl (C=O) groups is 4. The molecule has 3 rings (SSSR count). The van der Waals surface area contributed by atoms with Crippen molar-refractivity contribution < 1.29 is 37.5 Å². The first-order valence-electron chi connectivity index (χ1n) is 11.9. The van der Waals surface area contributed by atoms with Crippen molar-refractivity contribution in [3.63, 3.8) is 0 Å². The minimum atomic E-state index is -5.08. The molecule has 1 atom stereocenters. The van der Waals surface area contributed by atoms with Crippen LogP contribution in [-0.4, -0.2) is 59.0 Å². The predicted molar refractivity (Wildman–Crippen MR) is 136 cm³/mol. The highest BCUT2D eigenvalue weighted by Gasteiger charge is 2.38. The molecule has 0 bridgehead atoms. The van der Waals surface area contributed by atoms with E-state index in [-0.39, 0.29) is 29.7 Å². The summed E-state index contributed by atoms with van der Waals surface area (Å²) in [7, 11) is 0.